The molecule has 0 atom stereocenters. The number of nitrogens with one attached hydrogen (secondary N) is 1. The second-order valence-corrected chi connectivity index (χ2v) is 6.79. The number of nitrogens with zero attached hydrogens (tertiary/aromatic N) is 2. The second-order valence-electron chi connectivity index (χ2n) is 6.79. The van der Waals surface area contributed by atoms with E-state index < -0.39 is 12.7 Å². The van der Waals surface area contributed by atoms with Crippen molar-refractivity contribution in [2.75, 3.05) is 5.32 Å². The zero-order valence-corrected chi connectivity index (χ0v) is 16.8. The van der Waals surface area contributed by atoms with Crippen LogP contribution in [0.5, 0.6) is 5.75 Å². The highest BCUT2D eigenvalue weighted by Crippen LogP contribution is 2.36. The normalized spacial score (nSPS) is 11.0. The van der Waals surface area contributed by atoms with Crippen molar-refractivity contribution in [3.63, 3.8) is 0 Å². The van der Waals surface area contributed by atoms with Crippen molar-refractivity contribution >= 4 is 22.7 Å². The van der Waals surface area contributed by atoms with E-state index in [0.717, 1.165) is 5.56 Å². The van der Waals surface area contributed by atoms with Crippen molar-refractivity contribution in [2.45, 2.75) is 40.0 Å². The zero-order valence-electron chi connectivity index (χ0n) is 16.8. The van der Waals surface area contributed by atoms with Gasteiger partial charge in [0.05, 0.1) is 22.9 Å². The Kier molecular flexibility index (Phi) is 6.21. The quantitative estimate of drug-likeness (QED) is 0.558. The second kappa shape index (κ2) is 8.82. The summed E-state index contributed by atoms with van der Waals surface area (Å²) in [6.45, 7) is 3.01. The maximum absolute atomic E-state index is 12.6. The molecule has 6 nitrogen and oxygen atoms in total. The molecule has 8 heteroatoms. The van der Waals surface area contributed by atoms with E-state index in [1.165, 1.54) is 12.1 Å². The Morgan fingerprint density at radius 2 is 1.90 bits per heavy atom. The number of hydrogen-bond donors (Lipinski definition) is 1. The van der Waals surface area contributed by atoms with E-state index in [2.05, 4.69) is 16.1 Å². The average Bonchev–Trinajstić information content (AvgIpc) is 3.00. The number of carbonyl (C=O) groups excluding carboxylic acids is 1. The third-order valence-electron chi connectivity index (χ3n) is 4.44. The van der Waals surface area contributed by atoms with Crippen molar-refractivity contribution in [3.8, 4) is 23.1 Å². The van der Waals surface area contributed by atoms with Crippen LogP contribution in [0.4, 0.5) is 19.3 Å². The molecule has 0 aliphatic rings. The van der Waals surface area contributed by atoms with E-state index >= 15 is 0 Å². The van der Waals surface area contributed by atoms with Gasteiger partial charge in [-0.2, -0.15) is 14.0 Å². The van der Waals surface area contributed by atoms with Gasteiger partial charge in [0, 0.05) is 23.7 Å². The van der Waals surface area contributed by atoms with Crippen LogP contribution in [-0.4, -0.2) is 23.4 Å². The van der Waals surface area contributed by atoms with Crippen LogP contribution in [0.2, 0.25) is 0 Å². The van der Waals surface area contributed by atoms with E-state index in [0.29, 0.717) is 34.4 Å². The van der Waals surface area contributed by atoms with Crippen molar-refractivity contribution in [1.82, 2.24) is 4.57 Å². The van der Waals surface area contributed by atoms with Gasteiger partial charge in [-0.25, -0.2) is 4.79 Å². The number of benzene rings is 2. The van der Waals surface area contributed by atoms with Crippen LogP contribution >= 0.6 is 0 Å². The van der Waals surface area contributed by atoms with Gasteiger partial charge in [-0.1, -0.05) is 12.1 Å². The van der Waals surface area contributed by atoms with Gasteiger partial charge in [-0.15, -0.1) is 0 Å². The minimum Gasteiger partial charge on any atom is -0.447 e. The molecule has 1 aromatic heterocycles. The largest absolute Gasteiger partial charge is 0.447 e. The number of alkyl halides is 2. The lowest BCUT2D eigenvalue weighted by atomic mass is 10.1. The molecule has 1 N–H and O–H groups in total. The molecule has 1 heterocycles. The Bertz CT molecular complexity index is 1100. The number of amides is 1. The lowest BCUT2D eigenvalue weighted by Gasteiger charge is -2.12. The summed E-state index contributed by atoms with van der Waals surface area (Å²) in [5, 5.41) is 13.1. The van der Waals surface area contributed by atoms with Crippen molar-refractivity contribution < 1.29 is 23.0 Å². The fourth-order valence-electron chi connectivity index (χ4n) is 3.32. The molecule has 0 bridgehead atoms. The van der Waals surface area contributed by atoms with Crippen LogP contribution in [0, 0.1) is 11.3 Å². The summed E-state index contributed by atoms with van der Waals surface area (Å²) in [6.07, 6.45) is -0.786. The van der Waals surface area contributed by atoms with Crippen LogP contribution in [0.15, 0.2) is 42.5 Å². The van der Waals surface area contributed by atoms with Gasteiger partial charge < -0.3 is 14.0 Å². The number of aromatic nitrogens is 1. The van der Waals surface area contributed by atoms with Gasteiger partial charge in [-0.05, 0) is 50.6 Å². The molecule has 30 heavy (non-hydrogen) atoms. The lowest BCUT2D eigenvalue weighted by Crippen LogP contribution is -2.17. The highest BCUT2D eigenvalue weighted by Gasteiger charge is 2.19. The van der Waals surface area contributed by atoms with Gasteiger partial charge in [0.2, 0.25) is 0 Å². The number of aryl methyl sites for hydroxylation is 1. The third kappa shape index (κ3) is 4.35. The molecule has 0 aliphatic carbocycles. The van der Waals surface area contributed by atoms with Gasteiger partial charge in [0.25, 0.3) is 0 Å². The predicted octanol–water partition coefficient (Wildman–Crippen LogP) is 5.76. The summed E-state index contributed by atoms with van der Waals surface area (Å²) in [5.41, 5.74) is 3.04. The molecule has 0 saturated carbocycles. The monoisotopic (exact) mass is 413 g/mol. The number of carbonyl (C=O) groups is 1. The summed E-state index contributed by atoms with van der Waals surface area (Å²) >= 11 is 0. The predicted molar refractivity (Wildman–Crippen MR) is 110 cm³/mol. The highest BCUT2D eigenvalue weighted by atomic mass is 19.3. The Labute approximate surface area is 172 Å². The minimum atomic E-state index is -2.93. The zero-order chi connectivity index (χ0) is 21.8. The maximum atomic E-state index is 12.6. The van der Waals surface area contributed by atoms with Crippen LogP contribution in [-0.2, 0) is 11.3 Å². The van der Waals surface area contributed by atoms with Crippen LogP contribution in [0.1, 0.15) is 26.3 Å². The highest BCUT2D eigenvalue weighted by molar-refractivity contribution is 5.95. The molecule has 0 aliphatic heterocycles. The maximum Gasteiger partial charge on any atom is 0.411 e. The van der Waals surface area contributed by atoms with Gasteiger partial charge in [0.15, 0.2) is 0 Å². The fraction of sp³-hybridized carbons (Fsp3) is 0.273. The molecule has 2 aromatic carbocycles. The summed E-state index contributed by atoms with van der Waals surface area (Å²) in [5.74, 6) is 0.0314. The van der Waals surface area contributed by atoms with Gasteiger partial charge >= 0.3 is 12.7 Å². The fourth-order valence-corrected chi connectivity index (χ4v) is 3.32. The molecule has 0 spiro atoms. The van der Waals surface area contributed by atoms with E-state index in [-0.39, 0.29) is 11.9 Å². The lowest BCUT2D eigenvalue weighted by molar-refractivity contribution is -0.0497. The van der Waals surface area contributed by atoms with Gasteiger partial charge in [0.1, 0.15) is 11.8 Å². The van der Waals surface area contributed by atoms with Crippen LogP contribution in [0.25, 0.3) is 22.2 Å². The number of halogens is 2. The smallest absolute Gasteiger partial charge is 0.411 e. The first-order valence-electron chi connectivity index (χ1n) is 9.43. The Balaban J connectivity index is 2.02. The molecule has 0 saturated heterocycles. The summed E-state index contributed by atoms with van der Waals surface area (Å²) < 4.78 is 36.6. The molecule has 3 aromatic rings. The third-order valence-corrected chi connectivity index (χ3v) is 4.44. The van der Waals surface area contributed by atoms with Crippen molar-refractivity contribution in [1.29, 1.82) is 5.26 Å². The SMILES string of the molecule is CCn1c(-c2ccc(NC(=O)OC(C)C)cc2)c(C#N)c2ccc(OC(F)F)cc21. The first kappa shape index (κ1) is 21.1. The molecule has 0 fully saturated rings. The molecular weight excluding hydrogens is 392 g/mol. The number of hydrogen-bond acceptors (Lipinski definition) is 4. The Hall–Kier alpha value is -3.60. The Morgan fingerprint density at radius 1 is 1.20 bits per heavy atom. The van der Waals surface area contributed by atoms with Crippen LogP contribution in [0.3, 0.4) is 0 Å². The number of rotatable bonds is 6. The van der Waals surface area contributed by atoms with E-state index in [1.54, 1.807) is 44.2 Å². The molecule has 156 valence electrons. The molecule has 3 rings (SSSR count). The molecule has 1 amide bonds. The number of fused-ring (bicyclic) bond motifs is 1. The van der Waals surface area contributed by atoms with E-state index in [9.17, 15) is 18.8 Å². The van der Waals surface area contributed by atoms with Crippen LogP contribution < -0.4 is 10.1 Å². The molecular formula is C22H21F2N3O3. The topological polar surface area (TPSA) is 76.3 Å². The standard InChI is InChI=1S/C22H21F2N3O3/c1-4-27-19-11-16(30-21(23)24)9-10-17(19)18(12-25)20(27)14-5-7-15(8-6-14)26-22(28)29-13(2)3/h5-11,13,21H,4H2,1-3H3,(H,26,28). The van der Waals surface area contributed by atoms with Crippen molar-refractivity contribution in [3.05, 3.63) is 48.0 Å². The van der Waals surface area contributed by atoms with Gasteiger partial charge in [-0.3, -0.25) is 5.32 Å². The summed E-state index contributed by atoms with van der Waals surface area (Å²) in [6, 6.07) is 13.7. The summed E-state index contributed by atoms with van der Waals surface area (Å²) in [7, 11) is 0. The summed E-state index contributed by atoms with van der Waals surface area (Å²) in [4.78, 5) is 11.8. The number of anilines is 1. The number of ether oxygens (including phenoxy) is 2. The first-order valence-corrected chi connectivity index (χ1v) is 9.43. The first-order chi connectivity index (χ1) is 14.3. The van der Waals surface area contributed by atoms with Crippen molar-refractivity contribution in [2.24, 2.45) is 0 Å². The minimum absolute atomic E-state index is 0.0314. The van der Waals surface area contributed by atoms with E-state index in [4.69, 9.17) is 4.74 Å². The average molecular weight is 413 g/mol. The molecule has 0 unspecified atom stereocenters. The Morgan fingerprint density at radius 3 is 2.47 bits per heavy atom. The number of nitriles is 1. The molecule has 0 radical (unpaired) electrons. The van der Waals surface area contributed by atoms with E-state index in [1.807, 2.05) is 11.5 Å².